The van der Waals surface area contributed by atoms with Crippen LogP contribution in [0.25, 0.3) is 0 Å². The van der Waals surface area contributed by atoms with E-state index >= 15 is 0 Å². The van der Waals surface area contributed by atoms with Crippen molar-refractivity contribution in [1.29, 1.82) is 0 Å². The van der Waals surface area contributed by atoms with E-state index in [9.17, 15) is 40.7 Å². The molecule has 9 nitrogen and oxygen atoms in total. The quantitative estimate of drug-likeness (QED) is 0.445. The van der Waals surface area contributed by atoms with Crippen LogP contribution < -0.4 is 5.73 Å². The molecule has 0 bridgehead atoms. The molecule has 0 saturated carbocycles. The van der Waals surface area contributed by atoms with Gasteiger partial charge in [-0.05, 0) is 18.1 Å². The summed E-state index contributed by atoms with van der Waals surface area (Å²) in [6.45, 7) is 1.32. The fourth-order valence-electron chi connectivity index (χ4n) is 4.77. The van der Waals surface area contributed by atoms with Crippen LogP contribution in [-0.4, -0.2) is 80.7 Å². The van der Waals surface area contributed by atoms with Crippen molar-refractivity contribution in [2.75, 3.05) is 32.7 Å². The van der Waals surface area contributed by atoms with Gasteiger partial charge in [0.25, 0.3) is 5.91 Å². The normalized spacial score (nSPS) is 16.8. The second-order valence-electron chi connectivity index (χ2n) is 9.52. The Balaban J connectivity index is 1.50. The van der Waals surface area contributed by atoms with Gasteiger partial charge in [0.1, 0.15) is 5.82 Å². The molecule has 1 atom stereocenters. The van der Waals surface area contributed by atoms with Gasteiger partial charge in [0.05, 0.1) is 12.2 Å². The highest BCUT2D eigenvalue weighted by Gasteiger charge is 2.42. The first kappa shape index (κ1) is 28.4. The number of imidazole rings is 1. The highest BCUT2D eigenvalue weighted by Crippen LogP contribution is 2.33. The molecule has 15 heteroatoms. The number of hydrogen-bond donors (Lipinski definition) is 1. The summed E-state index contributed by atoms with van der Waals surface area (Å²) < 4.78 is 82.7. The molecule has 0 radical (unpaired) electrons. The number of alkyl halides is 3. The van der Waals surface area contributed by atoms with Crippen molar-refractivity contribution in [3.63, 3.8) is 0 Å². The minimum atomic E-state index is -4.84. The molecule has 1 aromatic heterocycles. The van der Waals surface area contributed by atoms with E-state index in [-0.39, 0.29) is 75.8 Å². The van der Waals surface area contributed by atoms with Gasteiger partial charge in [-0.2, -0.15) is 13.2 Å². The monoisotopic (exact) mass is 560 g/mol. The second-order valence-corrected chi connectivity index (χ2v) is 9.52. The first-order valence-corrected chi connectivity index (χ1v) is 12.1. The molecular weight excluding hydrogens is 534 g/mol. The average molecular weight is 560 g/mol. The average Bonchev–Trinajstić information content (AvgIpc) is 3.26. The van der Waals surface area contributed by atoms with Gasteiger partial charge in [-0.15, -0.1) is 0 Å². The van der Waals surface area contributed by atoms with Crippen LogP contribution in [0.3, 0.4) is 0 Å². The summed E-state index contributed by atoms with van der Waals surface area (Å²) >= 11 is 0. The predicted octanol–water partition coefficient (Wildman–Crippen LogP) is 1.93. The third-order valence-electron chi connectivity index (χ3n) is 6.84. The van der Waals surface area contributed by atoms with Crippen LogP contribution in [0, 0.1) is 17.5 Å². The summed E-state index contributed by atoms with van der Waals surface area (Å²) in [6.07, 6.45) is -5.48. The van der Waals surface area contributed by atoms with E-state index in [1.807, 2.05) is 0 Å². The molecule has 3 heterocycles. The zero-order chi connectivity index (χ0) is 28.6. The number of benzene rings is 1. The van der Waals surface area contributed by atoms with Gasteiger partial charge in [-0.1, -0.05) is 0 Å². The number of nitrogens with zero attached hydrogens (tertiary/aromatic N) is 5. The maximum absolute atomic E-state index is 14.0. The highest BCUT2D eigenvalue weighted by molar-refractivity contribution is 5.94. The predicted molar refractivity (Wildman–Crippen MR) is 123 cm³/mol. The zero-order valence-electron chi connectivity index (χ0n) is 20.9. The SMILES string of the molecule is CC(=O)N1CCN(C(=O)c2nc(C(F)(F)F)n3c2CN(C(=O)CC(N)Cc2cc(F)c(F)cc2F)CC3)CC1. The molecule has 2 aliphatic rings. The van der Waals surface area contributed by atoms with Gasteiger partial charge in [-0.25, -0.2) is 18.2 Å². The third kappa shape index (κ3) is 6.02. The van der Waals surface area contributed by atoms with Gasteiger partial charge in [0, 0.05) is 64.7 Å². The van der Waals surface area contributed by atoms with Crippen molar-refractivity contribution in [3.05, 3.63) is 52.4 Å². The maximum Gasteiger partial charge on any atom is 0.449 e. The van der Waals surface area contributed by atoms with Crippen LogP contribution in [0.2, 0.25) is 0 Å². The molecule has 212 valence electrons. The Morgan fingerprint density at radius 1 is 0.923 bits per heavy atom. The number of fused-ring (bicyclic) bond motifs is 1. The summed E-state index contributed by atoms with van der Waals surface area (Å²) in [5, 5.41) is 0. The summed E-state index contributed by atoms with van der Waals surface area (Å²) in [6, 6.07) is 0.0382. The molecule has 2 aromatic rings. The molecular formula is C24H26F6N6O3. The lowest BCUT2D eigenvalue weighted by Gasteiger charge is -2.34. The van der Waals surface area contributed by atoms with Gasteiger partial charge >= 0.3 is 6.18 Å². The van der Waals surface area contributed by atoms with E-state index < -0.39 is 53.0 Å². The van der Waals surface area contributed by atoms with E-state index in [1.165, 1.54) is 21.6 Å². The van der Waals surface area contributed by atoms with Crippen LogP contribution in [0.1, 0.15) is 40.9 Å². The van der Waals surface area contributed by atoms with Crippen LogP contribution in [-0.2, 0) is 35.3 Å². The van der Waals surface area contributed by atoms with E-state index in [4.69, 9.17) is 5.73 Å². The summed E-state index contributed by atoms with van der Waals surface area (Å²) in [5.74, 6) is -6.39. The molecule has 1 saturated heterocycles. The lowest BCUT2D eigenvalue weighted by molar-refractivity contribution is -0.148. The molecule has 39 heavy (non-hydrogen) atoms. The number of amides is 3. The topological polar surface area (TPSA) is 105 Å². The molecule has 1 aromatic carbocycles. The number of piperazine rings is 1. The Morgan fingerprint density at radius 3 is 2.13 bits per heavy atom. The van der Waals surface area contributed by atoms with Crippen LogP contribution in [0.15, 0.2) is 12.1 Å². The van der Waals surface area contributed by atoms with Crippen LogP contribution in [0.4, 0.5) is 26.3 Å². The standard InChI is InChI=1S/C24H26F6N6O3/c1-13(37)33-2-4-34(5-3-33)22(39)21-19-12-35(6-7-36(19)23(32-21)24(28,29)30)20(38)10-15(31)8-14-9-17(26)18(27)11-16(14)25/h9,11,15H,2-8,10,12,31H2,1H3. The molecule has 0 spiro atoms. The Bertz CT molecular complexity index is 1290. The molecule has 0 aliphatic carbocycles. The first-order valence-electron chi connectivity index (χ1n) is 12.1. The van der Waals surface area contributed by atoms with Crippen molar-refractivity contribution in [3.8, 4) is 0 Å². The number of carbonyl (C=O) groups excluding carboxylic acids is 3. The van der Waals surface area contributed by atoms with Crippen LogP contribution in [0.5, 0.6) is 0 Å². The molecule has 1 unspecified atom stereocenters. The second kappa shape index (κ2) is 10.9. The zero-order valence-corrected chi connectivity index (χ0v) is 20.9. The van der Waals surface area contributed by atoms with E-state index in [1.54, 1.807) is 0 Å². The van der Waals surface area contributed by atoms with Crippen molar-refractivity contribution < 1.29 is 40.7 Å². The van der Waals surface area contributed by atoms with Gasteiger partial charge < -0.3 is 25.0 Å². The van der Waals surface area contributed by atoms with Gasteiger partial charge in [0.15, 0.2) is 17.3 Å². The number of rotatable bonds is 5. The lowest BCUT2D eigenvalue weighted by Crippen LogP contribution is -2.50. The largest absolute Gasteiger partial charge is 0.449 e. The smallest absolute Gasteiger partial charge is 0.339 e. The minimum Gasteiger partial charge on any atom is -0.339 e. The lowest BCUT2D eigenvalue weighted by atomic mass is 10.0. The number of nitrogens with two attached hydrogens (primary N) is 1. The number of aromatic nitrogens is 2. The van der Waals surface area contributed by atoms with Crippen molar-refractivity contribution in [2.24, 2.45) is 5.73 Å². The fraction of sp³-hybridized carbons (Fsp3) is 0.500. The van der Waals surface area contributed by atoms with Crippen molar-refractivity contribution >= 4 is 17.7 Å². The molecule has 2 N–H and O–H groups in total. The number of carbonyl (C=O) groups is 3. The minimum absolute atomic E-state index is 0.0823. The number of halogens is 6. The summed E-state index contributed by atoms with van der Waals surface area (Å²) in [7, 11) is 0. The summed E-state index contributed by atoms with van der Waals surface area (Å²) in [4.78, 5) is 45.4. The molecule has 4 rings (SSSR count). The maximum atomic E-state index is 14.0. The van der Waals surface area contributed by atoms with Crippen LogP contribution >= 0.6 is 0 Å². The fourth-order valence-corrected chi connectivity index (χ4v) is 4.77. The summed E-state index contributed by atoms with van der Waals surface area (Å²) in [5.41, 5.74) is 5.22. The van der Waals surface area contributed by atoms with Crippen molar-refractivity contribution in [1.82, 2.24) is 24.3 Å². The number of hydrogen-bond acceptors (Lipinski definition) is 5. The Morgan fingerprint density at radius 2 is 1.51 bits per heavy atom. The van der Waals surface area contributed by atoms with Gasteiger partial charge in [0.2, 0.25) is 17.6 Å². The van der Waals surface area contributed by atoms with E-state index in [2.05, 4.69) is 4.98 Å². The van der Waals surface area contributed by atoms with E-state index in [0.717, 1.165) is 4.57 Å². The molecule has 2 aliphatic heterocycles. The third-order valence-corrected chi connectivity index (χ3v) is 6.84. The molecule has 3 amide bonds. The Labute approximate surface area is 219 Å². The molecule has 1 fully saturated rings. The van der Waals surface area contributed by atoms with Gasteiger partial charge in [-0.3, -0.25) is 14.4 Å². The highest BCUT2D eigenvalue weighted by atomic mass is 19.4. The Hall–Kier alpha value is -3.62. The first-order chi connectivity index (χ1) is 18.3. The van der Waals surface area contributed by atoms with E-state index in [0.29, 0.717) is 12.1 Å². The van der Waals surface area contributed by atoms with Crippen molar-refractivity contribution in [2.45, 2.75) is 45.1 Å². The Kier molecular flexibility index (Phi) is 7.91.